The lowest BCUT2D eigenvalue weighted by atomic mass is 9.76. The van der Waals surface area contributed by atoms with E-state index in [2.05, 4.69) is 12.7 Å². The Kier molecular flexibility index (Phi) is 7.64. The van der Waals surface area contributed by atoms with Crippen LogP contribution in [0.4, 0.5) is 0 Å². The van der Waals surface area contributed by atoms with Gasteiger partial charge >= 0.3 is 0 Å². The Morgan fingerprint density at radius 1 is 1.09 bits per heavy atom. The van der Waals surface area contributed by atoms with E-state index in [0.29, 0.717) is 37.1 Å². The monoisotopic (exact) mass is 308 g/mol. The van der Waals surface area contributed by atoms with Crippen LogP contribution in [-0.4, -0.2) is 35.1 Å². The maximum absolute atomic E-state index is 9.84. The average Bonchev–Trinajstić information content (AvgIpc) is 3.10. The molecule has 2 saturated heterocycles. The van der Waals surface area contributed by atoms with Gasteiger partial charge in [-0.3, -0.25) is 0 Å². The van der Waals surface area contributed by atoms with Crippen molar-refractivity contribution in [3.8, 4) is 0 Å². The van der Waals surface area contributed by atoms with Crippen LogP contribution in [0.1, 0.15) is 57.8 Å². The van der Waals surface area contributed by atoms with Gasteiger partial charge in [0.15, 0.2) is 0 Å². The Hall–Kier alpha value is -0.640. The van der Waals surface area contributed by atoms with E-state index in [1.54, 1.807) is 6.08 Å². The molecule has 0 aromatic heterocycles. The SMILES string of the molecule is C=CCC(O)/C=C/C1C2CCC(O2)C1CCCCCCCO. The van der Waals surface area contributed by atoms with Crippen LogP contribution in [0.2, 0.25) is 0 Å². The molecule has 0 aliphatic carbocycles. The predicted octanol–water partition coefficient (Wildman–Crippen LogP) is 3.61. The summed E-state index contributed by atoms with van der Waals surface area (Å²) >= 11 is 0. The molecule has 5 atom stereocenters. The number of rotatable bonds is 11. The molecule has 0 spiro atoms. The minimum absolute atomic E-state index is 0.320. The van der Waals surface area contributed by atoms with Gasteiger partial charge in [-0.25, -0.2) is 0 Å². The van der Waals surface area contributed by atoms with Crippen LogP contribution in [-0.2, 0) is 4.74 Å². The standard InChI is InChI=1S/C19H32O3/c1-2-8-15(21)10-11-17-16(18-12-13-19(17)22-18)9-6-4-3-5-7-14-20/h2,10-11,15-21H,1,3-9,12-14H2/b11-10+. The van der Waals surface area contributed by atoms with Gasteiger partial charge in [-0.2, -0.15) is 0 Å². The van der Waals surface area contributed by atoms with E-state index >= 15 is 0 Å². The van der Waals surface area contributed by atoms with Crippen molar-refractivity contribution < 1.29 is 14.9 Å². The molecule has 3 heteroatoms. The van der Waals surface area contributed by atoms with Crippen LogP contribution in [0.3, 0.4) is 0 Å². The van der Waals surface area contributed by atoms with Crippen LogP contribution >= 0.6 is 0 Å². The highest BCUT2D eigenvalue weighted by Gasteiger charge is 2.46. The van der Waals surface area contributed by atoms with Crippen molar-refractivity contribution >= 4 is 0 Å². The van der Waals surface area contributed by atoms with Crippen molar-refractivity contribution in [2.45, 2.75) is 76.1 Å². The summed E-state index contributed by atoms with van der Waals surface area (Å²) in [5.74, 6) is 1.11. The lowest BCUT2D eigenvalue weighted by Gasteiger charge is -2.26. The average molecular weight is 308 g/mol. The Labute approximate surface area is 135 Å². The lowest BCUT2D eigenvalue weighted by molar-refractivity contribution is 0.0884. The number of fused-ring (bicyclic) bond motifs is 2. The van der Waals surface area contributed by atoms with Crippen molar-refractivity contribution in [2.75, 3.05) is 6.61 Å². The highest BCUT2D eigenvalue weighted by atomic mass is 16.5. The van der Waals surface area contributed by atoms with Gasteiger partial charge in [0.2, 0.25) is 0 Å². The second-order valence-electron chi connectivity index (χ2n) is 6.79. The highest BCUT2D eigenvalue weighted by molar-refractivity contribution is 5.07. The van der Waals surface area contributed by atoms with E-state index in [1.165, 1.54) is 38.5 Å². The van der Waals surface area contributed by atoms with E-state index < -0.39 is 6.10 Å². The van der Waals surface area contributed by atoms with E-state index in [9.17, 15) is 5.11 Å². The molecule has 0 aromatic rings. The third-order valence-corrected chi connectivity index (χ3v) is 5.15. The summed E-state index contributed by atoms with van der Waals surface area (Å²) < 4.78 is 6.10. The fourth-order valence-electron chi connectivity index (χ4n) is 3.98. The molecule has 2 heterocycles. The smallest absolute Gasteiger partial charge is 0.0755 e. The minimum atomic E-state index is -0.407. The van der Waals surface area contributed by atoms with Crippen LogP contribution in [0.5, 0.6) is 0 Å². The van der Waals surface area contributed by atoms with Gasteiger partial charge < -0.3 is 14.9 Å². The van der Waals surface area contributed by atoms with E-state index in [-0.39, 0.29) is 0 Å². The predicted molar refractivity (Wildman–Crippen MR) is 89.6 cm³/mol. The second-order valence-corrected chi connectivity index (χ2v) is 6.79. The van der Waals surface area contributed by atoms with Crippen LogP contribution in [0.15, 0.2) is 24.8 Å². The summed E-state index contributed by atoms with van der Waals surface area (Å²) in [7, 11) is 0. The fraction of sp³-hybridized carbons (Fsp3) is 0.789. The molecule has 0 radical (unpaired) electrons. The third kappa shape index (κ3) is 4.94. The van der Waals surface area contributed by atoms with Crippen LogP contribution < -0.4 is 0 Å². The lowest BCUT2D eigenvalue weighted by Crippen LogP contribution is -2.26. The molecule has 22 heavy (non-hydrogen) atoms. The second kappa shape index (κ2) is 9.49. The largest absolute Gasteiger partial charge is 0.396 e. The topological polar surface area (TPSA) is 49.7 Å². The van der Waals surface area contributed by atoms with Crippen LogP contribution in [0, 0.1) is 11.8 Å². The normalized spacial score (nSPS) is 31.9. The van der Waals surface area contributed by atoms with Gasteiger partial charge in [-0.15, -0.1) is 6.58 Å². The number of hydrogen-bond donors (Lipinski definition) is 2. The molecule has 2 rings (SSSR count). The maximum Gasteiger partial charge on any atom is 0.0755 e. The van der Waals surface area contributed by atoms with E-state index in [0.717, 1.165) is 12.8 Å². The summed E-state index contributed by atoms with van der Waals surface area (Å²) in [6.45, 7) is 3.99. The molecule has 3 nitrogen and oxygen atoms in total. The van der Waals surface area contributed by atoms with Gasteiger partial charge in [-0.1, -0.05) is 43.9 Å². The van der Waals surface area contributed by atoms with Crippen molar-refractivity contribution in [2.24, 2.45) is 11.8 Å². The zero-order chi connectivity index (χ0) is 15.8. The summed E-state index contributed by atoms with van der Waals surface area (Å²) in [5, 5.41) is 18.6. The summed E-state index contributed by atoms with van der Waals surface area (Å²) in [6.07, 6.45) is 16.3. The first-order chi connectivity index (χ1) is 10.8. The molecule has 5 unspecified atom stereocenters. The molecular weight excluding hydrogens is 276 g/mol. The summed E-state index contributed by atoms with van der Waals surface area (Å²) in [5.41, 5.74) is 0. The minimum Gasteiger partial charge on any atom is -0.396 e. The third-order valence-electron chi connectivity index (χ3n) is 5.15. The molecule has 0 aromatic carbocycles. The van der Waals surface area contributed by atoms with Crippen molar-refractivity contribution in [3.05, 3.63) is 24.8 Å². The first kappa shape index (κ1) is 17.7. The Morgan fingerprint density at radius 2 is 1.82 bits per heavy atom. The zero-order valence-electron chi connectivity index (χ0n) is 13.7. The van der Waals surface area contributed by atoms with Gasteiger partial charge in [0.25, 0.3) is 0 Å². The van der Waals surface area contributed by atoms with Gasteiger partial charge in [0, 0.05) is 12.5 Å². The molecule has 2 aliphatic rings. The quantitative estimate of drug-likeness (QED) is 0.453. The number of unbranched alkanes of at least 4 members (excludes halogenated alkanes) is 4. The number of ether oxygens (including phenoxy) is 1. The molecule has 0 saturated carbocycles. The van der Waals surface area contributed by atoms with Crippen molar-refractivity contribution in [1.82, 2.24) is 0 Å². The van der Waals surface area contributed by atoms with Crippen molar-refractivity contribution in [3.63, 3.8) is 0 Å². The molecule has 2 aliphatic heterocycles. The van der Waals surface area contributed by atoms with E-state index in [4.69, 9.17) is 9.84 Å². The molecule has 2 N–H and O–H groups in total. The Morgan fingerprint density at radius 3 is 2.59 bits per heavy atom. The van der Waals surface area contributed by atoms with E-state index in [1.807, 2.05) is 6.08 Å². The summed E-state index contributed by atoms with van der Waals surface area (Å²) in [6, 6.07) is 0. The highest BCUT2D eigenvalue weighted by Crippen LogP contribution is 2.46. The summed E-state index contributed by atoms with van der Waals surface area (Å²) in [4.78, 5) is 0. The van der Waals surface area contributed by atoms with Crippen molar-refractivity contribution in [1.29, 1.82) is 0 Å². The molecule has 0 amide bonds. The zero-order valence-corrected chi connectivity index (χ0v) is 13.7. The molecule has 126 valence electrons. The van der Waals surface area contributed by atoms with Crippen LogP contribution in [0.25, 0.3) is 0 Å². The number of aliphatic hydroxyl groups is 2. The molecule has 2 bridgehead atoms. The fourth-order valence-corrected chi connectivity index (χ4v) is 3.98. The van der Waals surface area contributed by atoms with Gasteiger partial charge in [-0.05, 0) is 38.0 Å². The number of aliphatic hydroxyl groups excluding tert-OH is 2. The molecular formula is C19H32O3. The van der Waals surface area contributed by atoms with Gasteiger partial charge in [0.1, 0.15) is 0 Å². The number of hydrogen-bond acceptors (Lipinski definition) is 3. The first-order valence-electron chi connectivity index (χ1n) is 9.00. The first-order valence-corrected chi connectivity index (χ1v) is 9.00. The maximum atomic E-state index is 9.84. The Balaban J connectivity index is 1.76. The van der Waals surface area contributed by atoms with Gasteiger partial charge in [0.05, 0.1) is 18.3 Å². The molecule has 2 fully saturated rings. The Bertz CT molecular complexity index is 353.